The zero-order valence-corrected chi connectivity index (χ0v) is 9.25. The fourth-order valence-corrected chi connectivity index (χ4v) is 1.59. The number of carbonyl (C=O) groups is 1. The van der Waals surface area contributed by atoms with E-state index in [1.54, 1.807) is 6.26 Å². The van der Waals surface area contributed by atoms with Crippen molar-refractivity contribution < 1.29 is 14.3 Å². The standard InChI is InChI=1S/C11H7NO.C2H4O2/c1-2-9-10(13-7-1)4-3-8-5-6-12-11(8)9;1-2(3)4/h1-7H;1H3,(H,3,4). The minimum Gasteiger partial charge on any atom is -0.481 e. The largest absolute Gasteiger partial charge is 0.481 e. The van der Waals surface area contributed by atoms with E-state index in [0.717, 1.165) is 28.8 Å². The average molecular weight is 229 g/mol. The van der Waals surface area contributed by atoms with Gasteiger partial charge in [-0.25, -0.2) is 0 Å². The first kappa shape index (κ1) is 11.1. The molecule has 0 unspecified atom stereocenters. The summed E-state index contributed by atoms with van der Waals surface area (Å²) in [5.41, 5.74) is 1.90. The van der Waals surface area contributed by atoms with Crippen LogP contribution in [0.15, 0.2) is 47.2 Å². The second-order valence-corrected chi connectivity index (χ2v) is 3.49. The van der Waals surface area contributed by atoms with Gasteiger partial charge < -0.3 is 9.52 Å². The van der Waals surface area contributed by atoms with Crippen LogP contribution in [0, 0.1) is 0 Å². The molecular formula is C13H11NO3. The zero-order valence-electron chi connectivity index (χ0n) is 9.25. The molecule has 0 atom stereocenters. The molecule has 17 heavy (non-hydrogen) atoms. The number of carboxylic acids is 1. The highest BCUT2D eigenvalue weighted by Crippen LogP contribution is 2.23. The number of hydrogen-bond donors (Lipinski definition) is 1. The molecule has 3 aromatic rings. The van der Waals surface area contributed by atoms with Crippen molar-refractivity contribution in [1.29, 1.82) is 0 Å². The number of carboxylic acid groups (broad SMARTS) is 1. The highest BCUT2D eigenvalue weighted by atomic mass is 16.4. The van der Waals surface area contributed by atoms with Crippen LogP contribution in [0.5, 0.6) is 0 Å². The van der Waals surface area contributed by atoms with Crippen LogP contribution in [0.2, 0.25) is 0 Å². The average Bonchev–Trinajstić information content (AvgIpc) is 2.76. The van der Waals surface area contributed by atoms with Crippen LogP contribution in [0.4, 0.5) is 0 Å². The van der Waals surface area contributed by atoms with Crippen molar-refractivity contribution in [2.24, 2.45) is 0 Å². The molecule has 0 aliphatic carbocycles. The Balaban J connectivity index is 0.000000239. The number of aromatic nitrogens is 1. The Labute approximate surface area is 97.5 Å². The predicted octanol–water partition coefficient (Wildman–Crippen LogP) is 3.07. The van der Waals surface area contributed by atoms with Crippen molar-refractivity contribution in [1.82, 2.24) is 4.98 Å². The molecule has 4 nitrogen and oxygen atoms in total. The number of aliphatic carboxylic acids is 1. The Morgan fingerprint density at radius 3 is 2.82 bits per heavy atom. The normalized spacial score (nSPS) is 9.94. The molecule has 4 heteroatoms. The van der Waals surface area contributed by atoms with E-state index in [1.807, 2.05) is 36.5 Å². The van der Waals surface area contributed by atoms with Gasteiger partial charge in [-0.3, -0.25) is 9.78 Å². The molecule has 0 radical (unpaired) electrons. The van der Waals surface area contributed by atoms with Gasteiger partial charge in [0.15, 0.2) is 0 Å². The molecule has 86 valence electrons. The van der Waals surface area contributed by atoms with Crippen LogP contribution >= 0.6 is 0 Å². The molecule has 1 N–H and O–H groups in total. The Morgan fingerprint density at radius 2 is 2.06 bits per heavy atom. The molecule has 0 fully saturated rings. The maximum Gasteiger partial charge on any atom is 0.300 e. The molecule has 0 saturated carbocycles. The summed E-state index contributed by atoms with van der Waals surface area (Å²) in [5.74, 6) is -0.833. The van der Waals surface area contributed by atoms with Gasteiger partial charge in [-0.15, -0.1) is 0 Å². The molecule has 0 bridgehead atoms. The molecule has 0 saturated heterocycles. The highest BCUT2D eigenvalue weighted by molar-refractivity contribution is 6.03. The van der Waals surface area contributed by atoms with Gasteiger partial charge in [0.25, 0.3) is 5.97 Å². The quantitative estimate of drug-likeness (QED) is 0.643. The molecule has 2 aromatic heterocycles. The molecular weight excluding hydrogens is 218 g/mol. The Bertz CT molecular complexity index is 654. The first-order valence-corrected chi connectivity index (χ1v) is 5.09. The summed E-state index contributed by atoms with van der Waals surface area (Å²) in [6.45, 7) is 1.08. The smallest absolute Gasteiger partial charge is 0.300 e. The molecule has 1 aromatic carbocycles. The second kappa shape index (κ2) is 4.65. The van der Waals surface area contributed by atoms with Gasteiger partial charge in [-0.05, 0) is 30.3 Å². The van der Waals surface area contributed by atoms with E-state index in [9.17, 15) is 0 Å². The third kappa shape index (κ3) is 2.42. The monoisotopic (exact) mass is 229 g/mol. The van der Waals surface area contributed by atoms with Gasteiger partial charge in [-0.1, -0.05) is 0 Å². The van der Waals surface area contributed by atoms with Gasteiger partial charge in [0.05, 0.1) is 11.8 Å². The van der Waals surface area contributed by atoms with Crippen molar-refractivity contribution in [3.05, 3.63) is 42.8 Å². The van der Waals surface area contributed by atoms with E-state index >= 15 is 0 Å². The van der Waals surface area contributed by atoms with Crippen molar-refractivity contribution >= 4 is 27.8 Å². The summed E-state index contributed by atoms with van der Waals surface area (Å²) < 4.78 is 5.35. The van der Waals surface area contributed by atoms with E-state index < -0.39 is 5.97 Å². The lowest BCUT2D eigenvalue weighted by atomic mass is 10.2. The number of nitrogens with zero attached hydrogens (tertiary/aromatic N) is 1. The summed E-state index contributed by atoms with van der Waals surface area (Å²) in [6.07, 6.45) is 3.49. The Hall–Kier alpha value is -2.36. The summed E-state index contributed by atoms with van der Waals surface area (Å²) >= 11 is 0. The van der Waals surface area contributed by atoms with Crippen LogP contribution in [0.3, 0.4) is 0 Å². The summed E-state index contributed by atoms with van der Waals surface area (Å²) in [7, 11) is 0. The third-order valence-electron chi connectivity index (χ3n) is 2.20. The van der Waals surface area contributed by atoms with Gasteiger partial charge in [-0.2, -0.15) is 0 Å². The summed E-state index contributed by atoms with van der Waals surface area (Å²) in [5, 5.41) is 9.65. The van der Waals surface area contributed by atoms with E-state index in [1.165, 1.54) is 0 Å². The minimum absolute atomic E-state index is 0.833. The summed E-state index contributed by atoms with van der Waals surface area (Å²) in [4.78, 5) is 13.3. The number of rotatable bonds is 0. The molecule has 3 rings (SSSR count). The van der Waals surface area contributed by atoms with Crippen molar-refractivity contribution in [3.63, 3.8) is 0 Å². The van der Waals surface area contributed by atoms with Crippen LogP contribution in [-0.2, 0) is 4.79 Å². The van der Waals surface area contributed by atoms with Crippen LogP contribution in [-0.4, -0.2) is 16.1 Å². The maximum atomic E-state index is 9.00. The topological polar surface area (TPSA) is 63.3 Å². The molecule has 0 amide bonds. The lowest BCUT2D eigenvalue weighted by Gasteiger charge is -1.96. The van der Waals surface area contributed by atoms with Gasteiger partial charge in [0, 0.05) is 23.9 Å². The summed E-state index contributed by atoms with van der Waals surface area (Å²) in [6, 6.07) is 9.90. The van der Waals surface area contributed by atoms with Crippen molar-refractivity contribution in [2.75, 3.05) is 0 Å². The van der Waals surface area contributed by atoms with Gasteiger partial charge in [0.2, 0.25) is 0 Å². The predicted molar refractivity (Wildman–Crippen MR) is 64.8 cm³/mol. The van der Waals surface area contributed by atoms with Crippen molar-refractivity contribution in [3.8, 4) is 0 Å². The van der Waals surface area contributed by atoms with Crippen LogP contribution in [0.25, 0.3) is 21.9 Å². The van der Waals surface area contributed by atoms with Gasteiger partial charge >= 0.3 is 0 Å². The van der Waals surface area contributed by atoms with Gasteiger partial charge in [0.1, 0.15) is 5.58 Å². The molecule has 0 aliphatic rings. The highest BCUT2D eigenvalue weighted by Gasteiger charge is 2.01. The number of hydrogen-bond acceptors (Lipinski definition) is 3. The number of fused-ring (bicyclic) bond motifs is 3. The minimum atomic E-state index is -0.833. The fraction of sp³-hybridized carbons (Fsp3) is 0.0769. The Morgan fingerprint density at radius 1 is 1.29 bits per heavy atom. The van der Waals surface area contributed by atoms with Crippen molar-refractivity contribution in [2.45, 2.75) is 6.92 Å². The molecule has 0 aliphatic heterocycles. The second-order valence-electron chi connectivity index (χ2n) is 3.49. The van der Waals surface area contributed by atoms with Crippen LogP contribution in [0.1, 0.15) is 6.92 Å². The fourth-order valence-electron chi connectivity index (χ4n) is 1.59. The lowest BCUT2D eigenvalue weighted by Crippen LogP contribution is -1.78. The maximum absolute atomic E-state index is 9.00. The van der Waals surface area contributed by atoms with E-state index in [0.29, 0.717) is 0 Å². The zero-order chi connectivity index (χ0) is 12.3. The molecule has 2 heterocycles. The van der Waals surface area contributed by atoms with E-state index in [2.05, 4.69) is 4.98 Å². The Kier molecular flexibility index (Phi) is 3.05. The van der Waals surface area contributed by atoms with Crippen LogP contribution < -0.4 is 0 Å². The van der Waals surface area contributed by atoms with E-state index in [-0.39, 0.29) is 0 Å². The third-order valence-corrected chi connectivity index (χ3v) is 2.20. The molecule has 0 spiro atoms. The number of benzene rings is 1. The first-order valence-electron chi connectivity index (χ1n) is 5.09. The lowest BCUT2D eigenvalue weighted by molar-refractivity contribution is -0.134. The van der Waals surface area contributed by atoms with E-state index in [4.69, 9.17) is 14.3 Å². The SMILES string of the molecule is CC(=O)O.c1coc2ccc3ccnc3c2c1. The first-order chi connectivity index (χ1) is 8.18.